The molecule has 1 aromatic carbocycles. The summed E-state index contributed by atoms with van der Waals surface area (Å²) in [6.07, 6.45) is 0.323. The predicted molar refractivity (Wildman–Crippen MR) is 72.8 cm³/mol. The first-order valence-corrected chi connectivity index (χ1v) is 6.54. The van der Waals surface area contributed by atoms with Gasteiger partial charge in [-0.1, -0.05) is 24.2 Å². The van der Waals surface area contributed by atoms with Crippen molar-refractivity contribution < 1.29 is 19.0 Å². The maximum Gasteiger partial charge on any atom is 0.246 e. The summed E-state index contributed by atoms with van der Waals surface area (Å²) < 4.78 is 19.0. The van der Waals surface area contributed by atoms with E-state index in [4.69, 9.17) is 16.3 Å². The number of hydrogen-bond acceptors (Lipinski definition) is 3. The second kappa shape index (κ2) is 6.35. The fraction of sp³-hybridized carbons (Fsp3) is 0.357. The third-order valence-electron chi connectivity index (χ3n) is 3.27. The Hall–Kier alpha value is -1.43. The van der Waals surface area contributed by atoms with E-state index in [-0.39, 0.29) is 30.3 Å². The van der Waals surface area contributed by atoms with Crippen LogP contribution in [0.5, 0.6) is 0 Å². The van der Waals surface area contributed by atoms with Crippen LogP contribution in [0, 0.1) is 5.82 Å². The van der Waals surface area contributed by atoms with Gasteiger partial charge in [0.2, 0.25) is 5.91 Å². The number of benzene rings is 1. The third kappa shape index (κ3) is 3.00. The monoisotopic (exact) mass is 299 g/mol. The topological polar surface area (TPSA) is 49.8 Å². The lowest BCUT2D eigenvalue weighted by atomic mass is 10.1. The molecule has 1 fully saturated rings. The van der Waals surface area contributed by atoms with Crippen LogP contribution in [0.25, 0.3) is 0 Å². The molecule has 0 saturated carbocycles. The molecule has 1 heterocycles. The molecule has 1 N–H and O–H groups in total. The van der Waals surface area contributed by atoms with Crippen LogP contribution in [-0.2, 0) is 16.1 Å². The number of carbonyl (C=O) groups is 1. The van der Waals surface area contributed by atoms with Crippen LogP contribution in [0.2, 0.25) is 5.02 Å². The normalized spacial score (nSPS) is 21.8. The van der Waals surface area contributed by atoms with E-state index in [0.29, 0.717) is 0 Å². The van der Waals surface area contributed by atoms with E-state index in [1.807, 2.05) is 0 Å². The summed E-state index contributed by atoms with van der Waals surface area (Å²) in [6.45, 7) is 3.73. The van der Waals surface area contributed by atoms with Gasteiger partial charge in [-0.3, -0.25) is 4.79 Å². The van der Waals surface area contributed by atoms with Crippen LogP contribution in [0.3, 0.4) is 0 Å². The highest BCUT2D eigenvalue weighted by atomic mass is 35.5. The molecular weight excluding hydrogens is 285 g/mol. The summed E-state index contributed by atoms with van der Waals surface area (Å²) >= 11 is 5.97. The van der Waals surface area contributed by atoms with E-state index < -0.39 is 23.9 Å². The summed E-state index contributed by atoms with van der Waals surface area (Å²) in [7, 11) is 0. The molecule has 1 aliphatic rings. The fourth-order valence-electron chi connectivity index (χ4n) is 2.16. The minimum absolute atomic E-state index is 0.0402. The molecule has 108 valence electrons. The molecule has 1 aromatic rings. The van der Waals surface area contributed by atoms with Gasteiger partial charge in [0, 0.05) is 10.6 Å². The molecule has 0 radical (unpaired) electrons. The Morgan fingerprint density at radius 2 is 2.35 bits per heavy atom. The fourth-order valence-corrected chi connectivity index (χ4v) is 2.38. The first-order chi connectivity index (χ1) is 9.54. The van der Waals surface area contributed by atoms with Crippen molar-refractivity contribution in [1.29, 1.82) is 0 Å². The number of nitrogens with zero attached hydrogens (tertiary/aromatic N) is 1. The minimum atomic E-state index is -0.801. The largest absolute Gasteiger partial charge is 0.388 e. The molecule has 2 rings (SSSR count). The Morgan fingerprint density at radius 3 is 2.90 bits per heavy atom. The van der Waals surface area contributed by atoms with Gasteiger partial charge in [0.05, 0.1) is 31.9 Å². The molecule has 0 spiro atoms. The number of ether oxygens (including phenoxy) is 1. The van der Waals surface area contributed by atoms with Gasteiger partial charge in [0.25, 0.3) is 0 Å². The van der Waals surface area contributed by atoms with E-state index in [9.17, 15) is 14.3 Å². The van der Waals surface area contributed by atoms with Crippen LogP contribution >= 0.6 is 11.6 Å². The smallest absolute Gasteiger partial charge is 0.246 e. The second-order valence-corrected chi connectivity index (χ2v) is 4.95. The number of halogens is 2. The molecular formula is C14H15ClFNO3. The van der Waals surface area contributed by atoms with Crippen LogP contribution in [0.4, 0.5) is 4.39 Å². The number of amides is 1. The first kappa shape index (κ1) is 15.0. The molecule has 1 saturated heterocycles. The quantitative estimate of drug-likeness (QED) is 0.862. The summed E-state index contributed by atoms with van der Waals surface area (Å²) in [5.41, 5.74) is 0.212. The number of hydrogen-bond donors (Lipinski definition) is 1. The van der Waals surface area contributed by atoms with Gasteiger partial charge in [0.15, 0.2) is 0 Å². The molecule has 0 bridgehead atoms. The van der Waals surface area contributed by atoms with Crippen molar-refractivity contribution in [3.05, 3.63) is 47.3 Å². The summed E-state index contributed by atoms with van der Waals surface area (Å²) in [4.78, 5) is 13.3. The first-order valence-electron chi connectivity index (χ1n) is 6.16. The zero-order valence-corrected chi connectivity index (χ0v) is 11.5. The van der Waals surface area contributed by atoms with Gasteiger partial charge in [-0.25, -0.2) is 4.39 Å². The highest BCUT2D eigenvalue weighted by Crippen LogP contribution is 2.24. The van der Waals surface area contributed by atoms with Crippen molar-refractivity contribution in [2.24, 2.45) is 0 Å². The molecule has 4 nitrogen and oxygen atoms in total. The van der Waals surface area contributed by atoms with Gasteiger partial charge in [-0.2, -0.15) is 0 Å². The van der Waals surface area contributed by atoms with Gasteiger partial charge in [-0.15, -0.1) is 0 Å². The van der Waals surface area contributed by atoms with Crippen molar-refractivity contribution in [2.45, 2.75) is 18.7 Å². The highest BCUT2D eigenvalue weighted by molar-refractivity contribution is 6.31. The van der Waals surface area contributed by atoms with Crippen molar-refractivity contribution in [3.63, 3.8) is 0 Å². The van der Waals surface area contributed by atoms with Crippen molar-refractivity contribution in [2.75, 3.05) is 13.2 Å². The number of aliphatic hydroxyl groups is 1. The van der Waals surface area contributed by atoms with E-state index in [0.717, 1.165) is 6.08 Å². The van der Waals surface area contributed by atoms with Crippen molar-refractivity contribution in [3.8, 4) is 0 Å². The predicted octanol–water partition coefficient (Wildman–Crippen LogP) is 1.75. The average molecular weight is 300 g/mol. The number of rotatable bonds is 4. The minimum Gasteiger partial charge on any atom is -0.388 e. The third-order valence-corrected chi connectivity index (χ3v) is 3.62. The molecule has 2 atom stereocenters. The molecule has 0 aromatic heterocycles. The Kier molecular flexibility index (Phi) is 4.75. The zero-order chi connectivity index (χ0) is 14.7. The Morgan fingerprint density at radius 1 is 1.60 bits per heavy atom. The molecule has 0 unspecified atom stereocenters. The molecule has 6 heteroatoms. The van der Waals surface area contributed by atoms with Gasteiger partial charge in [-0.05, 0) is 18.2 Å². The zero-order valence-electron chi connectivity index (χ0n) is 10.8. The lowest BCUT2D eigenvalue weighted by Crippen LogP contribution is -2.45. The summed E-state index contributed by atoms with van der Waals surface area (Å²) in [5, 5.41) is 10.1. The van der Waals surface area contributed by atoms with E-state index in [1.165, 1.54) is 17.0 Å². The second-order valence-electron chi connectivity index (χ2n) is 4.54. The van der Waals surface area contributed by atoms with Crippen molar-refractivity contribution in [1.82, 2.24) is 4.90 Å². The Bertz CT molecular complexity index is 503. The molecule has 1 aliphatic heterocycles. The maximum atomic E-state index is 13.8. The summed E-state index contributed by atoms with van der Waals surface area (Å²) in [6, 6.07) is 3.79. The SMILES string of the molecule is C=CC(=O)N(Cc1c(F)cccc1Cl)[C@@H]1COC[C@H]1O. The van der Waals surface area contributed by atoms with E-state index in [1.54, 1.807) is 6.07 Å². The average Bonchev–Trinajstić information content (AvgIpc) is 2.84. The summed E-state index contributed by atoms with van der Waals surface area (Å²) in [5.74, 6) is -0.897. The molecule has 20 heavy (non-hydrogen) atoms. The van der Waals surface area contributed by atoms with Gasteiger partial charge >= 0.3 is 0 Å². The van der Waals surface area contributed by atoms with Crippen molar-refractivity contribution >= 4 is 17.5 Å². The van der Waals surface area contributed by atoms with Crippen LogP contribution < -0.4 is 0 Å². The van der Waals surface area contributed by atoms with Crippen LogP contribution in [-0.4, -0.2) is 41.3 Å². The standard InChI is InChI=1S/C14H15ClFNO3/c1-2-14(19)17(12-7-20-8-13(12)18)6-9-10(15)4-3-5-11(9)16/h2-5,12-13,18H,1,6-8H2/t12-,13-/m1/s1. The van der Waals surface area contributed by atoms with Crippen LogP contribution in [0.15, 0.2) is 30.9 Å². The lowest BCUT2D eigenvalue weighted by Gasteiger charge is -2.29. The van der Waals surface area contributed by atoms with E-state index in [2.05, 4.69) is 6.58 Å². The van der Waals surface area contributed by atoms with Gasteiger partial charge in [0.1, 0.15) is 5.82 Å². The number of carbonyl (C=O) groups excluding carboxylic acids is 1. The highest BCUT2D eigenvalue weighted by Gasteiger charge is 2.34. The van der Waals surface area contributed by atoms with E-state index >= 15 is 0 Å². The maximum absolute atomic E-state index is 13.8. The van der Waals surface area contributed by atoms with Crippen LogP contribution in [0.1, 0.15) is 5.56 Å². The number of aliphatic hydroxyl groups excluding tert-OH is 1. The Balaban J connectivity index is 2.28. The Labute approximate surface area is 121 Å². The lowest BCUT2D eigenvalue weighted by molar-refractivity contribution is -0.130. The molecule has 1 amide bonds. The van der Waals surface area contributed by atoms with Gasteiger partial charge < -0.3 is 14.7 Å². The molecule has 0 aliphatic carbocycles.